The summed E-state index contributed by atoms with van der Waals surface area (Å²) in [5.74, 6) is 5.01. The summed E-state index contributed by atoms with van der Waals surface area (Å²) < 4.78 is 6.04. The Labute approximate surface area is 113 Å². The second-order valence-corrected chi connectivity index (χ2v) is 4.37. The van der Waals surface area contributed by atoms with Crippen LogP contribution in [0.5, 0.6) is 0 Å². The first-order valence-corrected chi connectivity index (χ1v) is 5.86. The van der Waals surface area contributed by atoms with Crippen molar-refractivity contribution in [2.75, 3.05) is 13.2 Å². The van der Waals surface area contributed by atoms with E-state index in [1.165, 1.54) is 6.92 Å². The van der Waals surface area contributed by atoms with Crippen LogP contribution < -0.4 is 11.2 Å². The Morgan fingerprint density at radius 2 is 2.25 bits per heavy atom. The normalized spacial score (nSPS) is 29.0. The molecule has 0 unspecified atom stereocenters. The first-order valence-electron chi connectivity index (χ1n) is 5.86. The predicted molar refractivity (Wildman–Crippen MR) is 66.9 cm³/mol. The number of ether oxygens (including phenoxy) is 1. The molecule has 1 aromatic rings. The van der Waals surface area contributed by atoms with Crippen LogP contribution >= 0.6 is 0 Å². The molecule has 2 rings (SSSR count). The van der Waals surface area contributed by atoms with Gasteiger partial charge in [0.05, 0.1) is 13.2 Å². The molecule has 8 heteroatoms. The summed E-state index contributed by atoms with van der Waals surface area (Å²) in [5.41, 5.74) is -3.41. The zero-order valence-corrected chi connectivity index (χ0v) is 10.7. The van der Waals surface area contributed by atoms with Crippen LogP contribution in [0.3, 0.4) is 0 Å². The van der Waals surface area contributed by atoms with E-state index in [0.29, 0.717) is 0 Å². The smallest absolute Gasteiger partial charge is 0.330 e. The van der Waals surface area contributed by atoms with E-state index in [4.69, 9.17) is 4.74 Å². The van der Waals surface area contributed by atoms with Crippen LogP contribution in [-0.2, 0) is 10.5 Å². The highest BCUT2D eigenvalue weighted by atomic mass is 16.6. The fraction of sp³-hybridized carbons (Fsp3) is 0.500. The zero-order valence-electron chi connectivity index (χ0n) is 10.7. The van der Waals surface area contributed by atoms with Crippen molar-refractivity contribution < 1.29 is 20.1 Å². The molecule has 0 saturated carbocycles. The van der Waals surface area contributed by atoms with Crippen LogP contribution in [-0.4, -0.2) is 50.3 Å². The maximum absolute atomic E-state index is 11.9. The number of rotatable bonds is 2. The lowest BCUT2D eigenvalue weighted by Crippen LogP contribution is -2.54. The number of nitrogens with one attached hydrogen (secondary N) is 1. The SMILES string of the molecule is CC#Cc1cn([C@@]2(CO)OC[C@@H](O)[C@@H]2O)c(=O)[nH]c1=O. The molecule has 108 valence electrons. The highest BCUT2D eigenvalue weighted by molar-refractivity contribution is 5.29. The van der Waals surface area contributed by atoms with E-state index >= 15 is 0 Å². The molecule has 1 fully saturated rings. The Morgan fingerprint density at radius 3 is 2.75 bits per heavy atom. The van der Waals surface area contributed by atoms with Crippen molar-refractivity contribution >= 4 is 0 Å². The molecule has 0 spiro atoms. The maximum atomic E-state index is 11.9. The molecule has 1 aliphatic rings. The second-order valence-electron chi connectivity index (χ2n) is 4.37. The fourth-order valence-corrected chi connectivity index (χ4v) is 2.11. The van der Waals surface area contributed by atoms with E-state index in [0.717, 1.165) is 10.8 Å². The Bertz CT molecular complexity index is 682. The average molecular weight is 282 g/mol. The van der Waals surface area contributed by atoms with Gasteiger partial charge in [-0.3, -0.25) is 14.3 Å². The predicted octanol–water partition coefficient (Wildman–Crippen LogP) is -2.69. The third kappa shape index (κ3) is 2.07. The number of H-pyrrole nitrogens is 1. The van der Waals surface area contributed by atoms with E-state index < -0.39 is 35.8 Å². The third-order valence-corrected chi connectivity index (χ3v) is 3.17. The number of aromatic nitrogens is 2. The summed E-state index contributed by atoms with van der Waals surface area (Å²) in [6.45, 7) is 0.514. The topological polar surface area (TPSA) is 125 Å². The Morgan fingerprint density at radius 1 is 1.55 bits per heavy atom. The van der Waals surface area contributed by atoms with E-state index in [1.54, 1.807) is 0 Å². The molecule has 0 aliphatic carbocycles. The summed E-state index contributed by atoms with van der Waals surface area (Å²) in [6.07, 6.45) is -1.67. The van der Waals surface area contributed by atoms with Crippen molar-refractivity contribution in [2.24, 2.45) is 0 Å². The Hall–Kier alpha value is -1.92. The minimum atomic E-state index is -1.84. The lowest BCUT2D eigenvalue weighted by Gasteiger charge is -2.31. The number of nitrogens with zero attached hydrogens (tertiary/aromatic N) is 1. The van der Waals surface area contributed by atoms with Crippen molar-refractivity contribution in [3.63, 3.8) is 0 Å². The lowest BCUT2D eigenvalue weighted by atomic mass is 10.1. The largest absolute Gasteiger partial charge is 0.391 e. The van der Waals surface area contributed by atoms with Crippen molar-refractivity contribution in [2.45, 2.75) is 24.9 Å². The average Bonchev–Trinajstić information content (AvgIpc) is 2.71. The van der Waals surface area contributed by atoms with Crippen molar-refractivity contribution in [3.8, 4) is 11.8 Å². The monoisotopic (exact) mass is 282 g/mol. The summed E-state index contributed by atoms with van der Waals surface area (Å²) >= 11 is 0. The van der Waals surface area contributed by atoms with Crippen molar-refractivity contribution in [3.05, 3.63) is 32.6 Å². The molecule has 8 nitrogen and oxygen atoms in total. The first kappa shape index (κ1) is 14.5. The molecular weight excluding hydrogens is 268 g/mol. The third-order valence-electron chi connectivity index (χ3n) is 3.17. The molecule has 4 N–H and O–H groups in total. The van der Waals surface area contributed by atoms with Crippen LogP contribution in [0.25, 0.3) is 0 Å². The van der Waals surface area contributed by atoms with E-state index in [-0.39, 0.29) is 12.2 Å². The van der Waals surface area contributed by atoms with Gasteiger partial charge in [-0.05, 0) is 6.92 Å². The highest BCUT2D eigenvalue weighted by Crippen LogP contribution is 2.29. The summed E-state index contributed by atoms with van der Waals surface area (Å²) in [7, 11) is 0. The summed E-state index contributed by atoms with van der Waals surface area (Å²) in [5, 5.41) is 29.0. The fourth-order valence-electron chi connectivity index (χ4n) is 2.11. The van der Waals surface area contributed by atoms with Gasteiger partial charge in [0.25, 0.3) is 5.56 Å². The molecule has 20 heavy (non-hydrogen) atoms. The number of aliphatic hydroxyl groups excluding tert-OH is 3. The van der Waals surface area contributed by atoms with Crippen LogP contribution in [0.2, 0.25) is 0 Å². The molecule has 1 aliphatic heterocycles. The van der Waals surface area contributed by atoms with Gasteiger partial charge in [0.1, 0.15) is 17.8 Å². The lowest BCUT2D eigenvalue weighted by molar-refractivity contribution is -0.154. The molecule has 0 bridgehead atoms. The Balaban J connectivity index is 2.67. The van der Waals surface area contributed by atoms with Crippen molar-refractivity contribution in [1.82, 2.24) is 9.55 Å². The summed E-state index contributed by atoms with van der Waals surface area (Å²) in [6, 6.07) is 0. The van der Waals surface area contributed by atoms with Crippen LogP contribution in [0.1, 0.15) is 12.5 Å². The number of hydrogen-bond donors (Lipinski definition) is 4. The van der Waals surface area contributed by atoms with Gasteiger partial charge in [-0.15, -0.1) is 5.92 Å². The van der Waals surface area contributed by atoms with Gasteiger partial charge in [0.15, 0.2) is 0 Å². The molecule has 1 saturated heterocycles. The minimum Gasteiger partial charge on any atom is -0.391 e. The molecule has 1 aromatic heterocycles. The van der Waals surface area contributed by atoms with E-state index in [1.807, 2.05) is 4.98 Å². The molecule has 0 radical (unpaired) electrons. The van der Waals surface area contributed by atoms with Gasteiger partial charge in [-0.1, -0.05) is 5.92 Å². The van der Waals surface area contributed by atoms with E-state index in [2.05, 4.69) is 11.8 Å². The van der Waals surface area contributed by atoms with Gasteiger partial charge in [-0.25, -0.2) is 4.79 Å². The molecular formula is C12H14N2O6. The second kappa shape index (κ2) is 5.22. The highest BCUT2D eigenvalue weighted by Gasteiger charge is 2.51. The minimum absolute atomic E-state index is 0.0166. The molecule has 3 atom stereocenters. The molecule has 0 aromatic carbocycles. The quantitative estimate of drug-likeness (QED) is 0.438. The molecule has 2 heterocycles. The van der Waals surface area contributed by atoms with Crippen LogP contribution in [0.4, 0.5) is 0 Å². The number of hydrogen-bond acceptors (Lipinski definition) is 6. The standard InChI is InChI=1S/C12H14N2O6/c1-2-3-7-4-14(11(19)13-10(7)18)12(6-15)9(17)8(16)5-20-12/h4,8-9,15-17H,5-6H2,1H3,(H,13,18,19)/t8-,9+,12+/m1/s1. The van der Waals surface area contributed by atoms with Gasteiger partial charge in [-0.2, -0.15) is 0 Å². The number of aliphatic hydroxyl groups is 3. The van der Waals surface area contributed by atoms with Gasteiger partial charge in [0, 0.05) is 6.20 Å². The molecule has 0 amide bonds. The summed E-state index contributed by atoms with van der Waals surface area (Å²) in [4.78, 5) is 25.5. The van der Waals surface area contributed by atoms with Gasteiger partial charge in [0.2, 0.25) is 5.72 Å². The van der Waals surface area contributed by atoms with Crippen molar-refractivity contribution in [1.29, 1.82) is 0 Å². The first-order chi connectivity index (χ1) is 9.46. The Kier molecular flexibility index (Phi) is 3.78. The van der Waals surface area contributed by atoms with Crippen LogP contribution in [0.15, 0.2) is 15.8 Å². The van der Waals surface area contributed by atoms with Crippen LogP contribution in [0, 0.1) is 11.8 Å². The van der Waals surface area contributed by atoms with Gasteiger partial charge >= 0.3 is 5.69 Å². The van der Waals surface area contributed by atoms with E-state index in [9.17, 15) is 24.9 Å². The number of aromatic amines is 1. The maximum Gasteiger partial charge on any atom is 0.330 e. The van der Waals surface area contributed by atoms with Gasteiger partial charge < -0.3 is 20.1 Å². The zero-order chi connectivity index (χ0) is 14.9.